The van der Waals surface area contributed by atoms with Crippen molar-refractivity contribution in [1.82, 2.24) is 0 Å². The molecule has 0 aliphatic heterocycles. The van der Waals surface area contributed by atoms with Crippen molar-refractivity contribution in [3.8, 4) is 16.9 Å². The van der Waals surface area contributed by atoms with Crippen LogP contribution < -0.4 is 0 Å². The predicted octanol–water partition coefficient (Wildman–Crippen LogP) is 4.36. The van der Waals surface area contributed by atoms with Crippen LogP contribution in [0.5, 0.6) is 5.75 Å². The van der Waals surface area contributed by atoms with Crippen LogP contribution in [0.3, 0.4) is 0 Å². The predicted molar refractivity (Wildman–Crippen MR) is 58.5 cm³/mol. The highest BCUT2D eigenvalue weighted by atomic mass is 19.4. The average molecular weight is 274 g/mol. The third-order valence-corrected chi connectivity index (χ3v) is 2.54. The maximum Gasteiger partial charge on any atom is 0.419 e. The minimum Gasteiger partial charge on any atom is -0.508 e. The van der Waals surface area contributed by atoms with Crippen molar-refractivity contribution < 1.29 is 27.1 Å². The number of phenolic OH excluding ortho intramolecular Hbond substituents is 1. The summed E-state index contributed by atoms with van der Waals surface area (Å²) >= 11 is 0. The zero-order chi connectivity index (χ0) is 14.2. The fourth-order valence-corrected chi connectivity index (χ4v) is 1.65. The monoisotopic (exact) mass is 274 g/mol. The molecule has 0 amide bonds. The molecule has 1 N–H and O–H groups in total. The fraction of sp³-hybridized carbons (Fsp3) is 0.0769. The first kappa shape index (κ1) is 13.3. The molecule has 0 atom stereocenters. The summed E-state index contributed by atoms with van der Waals surface area (Å²) in [5, 5.41) is 9.03. The van der Waals surface area contributed by atoms with E-state index < -0.39 is 23.4 Å². The van der Waals surface area contributed by atoms with Gasteiger partial charge in [0.05, 0.1) is 5.56 Å². The highest BCUT2D eigenvalue weighted by Crippen LogP contribution is 2.34. The summed E-state index contributed by atoms with van der Waals surface area (Å²) in [6.45, 7) is 0. The molecule has 0 saturated heterocycles. The summed E-state index contributed by atoms with van der Waals surface area (Å²) in [5.74, 6) is -2.65. The Morgan fingerprint density at radius 1 is 0.842 bits per heavy atom. The second-order valence-corrected chi connectivity index (χ2v) is 3.86. The van der Waals surface area contributed by atoms with Crippen LogP contribution in [0.4, 0.5) is 22.0 Å². The second-order valence-electron chi connectivity index (χ2n) is 3.86. The van der Waals surface area contributed by atoms with Crippen molar-refractivity contribution in [1.29, 1.82) is 0 Å². The Hall–Kier alpha value is -2.11. The van der Waals surface area contributed by atoms with Gasteiger partial charge in [-0.05, 0) is 29.8 Å². The molecule has 2 aromatic carbocycles. The molecule has 0 heterocycles. The number of aromatic hydroxyl groups is 1. The zero-order valence-corrected chi connectivity index (χ0v) is 9.30. The molecule has 0 aliphatic carbocycles. The molecule has 0 unspecified atom stereocenters. The SMILES string of the molecule is Oc1ccc(-c2ccc(C(F)(F)F)c(F)c2)c(F)c1. The van der Waals surface area contributed by atoms with Crippen LogP contribution in [0.1, 0.15) is 5.56 Å². The normalized spacial score (nSPS) is 11.6. The highest BCUT2D eigenvalue weighted by Gasteiger charge is 2.34. The number of phenols is 1. The van der Waals surface area contributed by atoms with Gasteiger partial charge in [0.2, 0.25) is 0 Å². The number of hydrogen-bond donors (Lipinski definition) is 1. The standard InChI is InChI=1S/C13H7F5O/c14-11-6-8(19)2-3-9(11)7-1-4-10(12(15)5-7)13(16,17)18/h1-6,19H. The zero-order valence-electron chi connectivity index (χ0n) is 9.30. The first-order valence-corrected chi connectivity index (χ1v) is 5.14. The Morgan fingerprint density at radius 3 is 2.05 bits per heavy atom. The molecule has 1 nitrogen and oxygen atoms in total. The van der Waals surface area contributed by atoms with Gasteiger partial charge < -0.3 is 5.11 Å². The quantitative estimate of drug-likeness (QED) is 0.766. The molecule has 2 aromatic rings. The van der Waals surface area contributed by atoms with Gasteiger partial charge in [0.1, 0.15) is 17.4 Å². The summed E-state index contributed by atoms with van der Waals surface area (Å²) < 4.78 is 64.0. The van der Waals surface area contributed by atoms with Gasteiger partial charge in [-0.2, -0.15) is 13.2 Å². The molecule has 0 spiro atoms. The van der Waals surface area contributed by atoms with Crippen molar-refractivity contribution in [2.45, 2.75) is 6.18 Å². The molecule has 0 aliphatic rings. The smallest absolute Gasteiger partial charge is 0.419 e. The van der Waals surface area contributed by atoms with Gasteiger partial charge in [0.25, 0.3) is 0 Å². The molecule has 0 saturated carbocycles. The van der Waals surface area contributed by atoms with Gasteiger partial charge in [0, 0.05) is 11.6 Å². The summed E-state index contributed by atoms with van der Waals surface area (Å²) in [4.78, 5) is 0. The van der Waals surface area contributed by atoms with Crippen molar-refractivity contribution >= 4 is 0 Å². The molecule has 100 valence electrons. The summed E-state index contributed by atoms with van der Waals surface area (Å²) in [7, 11) is 0. The van der Waals surface area contributed by atoms with Crippen LogP contribution in [0.15, 0.2) is 36.4 Å². The number of halogens is 5. The Labute approximate surface area is 104 Å². The molecule has 0 bridgehead atoms. The van der Waals surface area contributed by atoms with E-state index in [1.54, 1.807) is 0 Å². The van der Waals surface area contributed by atoms with Crippen molar-refractivity contribution in [2.24, 2.45) is 0 Å². The third kappa shape index (κ3) is 2.67. The second kappa shape index (κ2) is 4.53. The van der Waals surface area contributed by atoms with Crippen LogP contribution in [0, 0.1) is 11.6 Å². The molecule has 19 heavy (non-hydrogen) atoms. The number of rotatable bonds is 1. The Balaban J connectivity index is 2.51. The van der Waals surface area contributed by atoms with Crippen LogP contribution >= 0.6 is 0 Å². The molecule has 0 radical (unpaired) electrons. The molecule has 2 rings (SSSR count). The fourth-order valence-electron chi connectivity index (χ4n) is 1.65. The van der Waals surface area contributed by atoms with E-state index in [-0.39, 0.29) is 16.9 Å². The Morgan fingerprint density at radius 2 is 1.53 bits per heavy atom. The van der Waals surface area contributed by atoms with Crippen LogP contribution in [-0.4, -0.2) is 5.11 Å². The van der Waals surface area contributed by atoms with Crippen LogP contribution in [0.25, 0.3) is 11.1 Å². The first-order valence-electron chi connectivity index (χ1n) is 5.14. The van der Waals surface area contributed by atoms with Crippen molar-refractivity contribution in [2.75, 3.05) is 0 Å². The Bertz CT molecular complexity index is 619. The van der Waals surface area contributed by atoms with E-state index in [4.69, 9.17) is 5.11 Å². The average Bonchev–Trinajstić information content (AvgIpc) is 2.26. The molecular weight excluding hydrogens is 267 g/mol. The van der Waals surface area contributed by atoms with Gasteiger partial charge in [-0.1, -0.05) is 6.07 Å². The minimum atomic E-state index is -4.80. The van der Waals surface area contributed by atoms with E-state index in [1.165, 1.54) is 0 Å². The molecule has 0 aromatic heterocycles. The third-order valence-electron chi connectivity index (χ3n) is 2.54. The highest BCUT2D eigenvalue weighted by molar-refractivity contribution is 5.65. The summed E-state index contributed by atoms with van der Waals surface area (Å²) in [5.41, 5.74) is -1.54. The summed E-state index contributed by atoms with van der Waals surface area (Å²) in [6, 6.07) is 5.25. The molecule has 0 fully saturated rings. The lowest BCUT2D eigenvalue weighted by Crippen LogP contribution is -2.07. The van der Waals surface area contributed by atoms with Gasteiger partial charge >= 0.3 is 6.18 Å². The van der Waals surface area contributed by atoms with Crippen molar-refractivity contribution in [3.05, 3.63) is 53.6 Å². The van der Waals surface area contributed by atoms with Gasteiger partial charge in [-0.25, -0.2) is 8.78 Å². The van der Waals surface area contributed by atoms with E-state index in [9.17, 15) is 22.0 Å². The van der Waals surface area contributed by atoms with E-state index >= 15 is 0 Å². The molecular formula is C13H7F5O. The van der Waals surface area contributed by atoms with E-state index in [0.29, 0.717) is 12.1 Å². The lowest BCUT2D eigenvalue weighted by Gasteiger charge is -2.10. The largest absolute Gasteiger partial charge is 0.508 e. The Kier molecular flexibility index (Phi) is 3.18. The van der Waals surface area contributed by atoms with Crippen LogP contribution in [0.2, 0.25) is 0 Å². The van der Waals surface area contributed by atoms with Gasteiger partial charge in [0.15, 0.2) is 0 Å². The number of hydrogen-bond acceptors (Lipinski definition) is 1. The lowest BCUT2D eigenvalue weighted by atomic mass is 10.0. The van der Waals surface area contributed by atoms with E-state index in [0.717, 1.165) is 24.3 Å². The number of alkyl halides is 3. The number of benzene rings is 2. The lowest BCUT2D eigenvalue weighted by molar-refractivity contribution is -0.139. The van der Waals surface area contributed by atoms with Gasteiger partial charge in [-0.3, -0.25) is 0 Å². The maximum absolute atomic E-state index is 13.5. The molecule has 6 heteroatoms. The topological polar surface area (TPSA) is 20.2 Å². The minimum absolute atomic E-state index is 0.0389. The van der Waals surface area contributed by atoms with Crippen LogP contribution in [-0.2, 0) is 6.18 Å². The van der Waals surface area contributed by atoms with E-state index in [1.807, 2.05) is 0 Å². The summed E-state index contributed by atoms with van der Waals surface area (Å²) in [6.07, 6.45) is -4.80. The van der Waals surface area contributed by atoms with Gasteiger partial charge in [-0.15, -0.1) is 0 Å². The first-order chi connectivity index (χ1) is 8.79. The van der Waals surface area contributed by atoms with E-state index in [2.05, 4.69) is 0 Å². The maximum atomic E-state index is 13.5. The van der Waals surface area contributed by atoms with Crippen molar-refractivity contribution in [3.63, 3.8) is 0 Å².